The number of hydrogen-bond donors (Lipinski definition) is 2. The van der Waals surface area contributed by atoms with Crippen LogP contribution < -0.4 is 69.3 Å². The third kappa shape index (κ3) is 8.18. The summed E-state index contributed by atoms with van der Waals surface area (Å²) in [6.45, 7) is 0. The molecule has 2 N–H and O–H groups in total. The van der Waals surface area contributed by atoms with Gasteiger partial charge in [0.2, 0.25) is 0 Å². The fraction of sp³-hybridized carbons (Fsp3) is 0.500. The van der Waals surface area contributed by atoms with Crippen LogP contribution in [-0.4, -0.2) is 30.1 Å². The summed E-state index contributed by atoms with van der Waals surface area (Å²) in [5.74, 6) is -3.50. The quantitative estimate of drug-likeness (QED) is 0.216. The Balaban J connectivity index is -0.000000605. The van der Waals surface area contributed by atoms with Crippen LogP contribution in [0, 0.1) is 5.41 Å². The van der Waals surface area contributed by atoms with Crippen molar-refractivity contribution in [3.05, 3.63) is 0 Å². The first-order valence-electron chi connectivity index (χ1n) is 2.66. The first kappa shape index (κ1) is 20.3. The maximum absolute atomic E-state index is 10.2. The summed E-state index contributed by atoms with van der Waals surface area (Å²) in [4.78, 5) is 10.00. The molecule has 0 saturated heterocycles. The predicted molar refractivity (Wildman–Crippen MR) is 32.7 cm³/mol. The van der Waals surface area contributed by atoms with E-state index in [0.717, 1.165) is 0 Å². The Morgan fingerprint density at radius 2 is 1.71 bits per heavy atom. The van der Waals surface area contributed by atoms with Crippen molar-refractivity contribution >= 4 is 22.0 Å². The average Bonchev–Trinajstić information content (AvgIpc) is 1.79. The number of aliphatic carboxylic acids is 1. The van der Waals surface area contributed by atoms with Crippen LogP contribution in [0.15, 0.2) is 0 Å². The second-order valence-electron chi connectivity index (χ2n) is 1.95. The van der Waals surface area contributed by atoms with Gasteiger partial charge in [-0.2, -0.15) is 8.42 Å². The number of carbonyl (C=O) groups excluding carboxylic acids is 1. The van der Waals surface area contributed by atoms with Gasteiger partial charge in [-0.15, -0.1) is 0 Å². The Hall–Kier alpha value is 0.850. The zero-order chi connectivity index (χ0) is 9.94. The Labute approximate surface area is 125 Å². The largest absolute Gasteiger partial charge is 1.00 e. The Morgan fingerprint density at radius 1 is 1.36 bits per heavy atom. The minimum Gasteiger partial charge on any atom is -0.862 e. The van der Waals surface area contributed by atoms with E-state index in [9.17, 15) is 23.4 Å². The maximum Gasteiger partial charge on any atom is 1.00 e. The van der Waals surface area contributed by atoms with E-state index in [4.69, 9.17) is 9.96 Å². The van der Waals surface area contributed by atoms with Crippen LogP contribution in [0.2, 0.25) is 0 Å². The van der Waals surface area contributed by atoms with Crippen molar-refractivity contribution in [2.75, 3.05) is 0 Å². The fourth-order valence-corrected chi connectivity index (χ4v) is 1.08. The molecule has 0 aromatic heterocycles. The van der Waals surface area contributed by atoms with E-state index < -0.39 is 33.7 Å². The van der Waals surface area contributed by atoms with Crippen molar-refractivity contribution in [2.24, 2.45) is 0 Å². The third-order valence-electron chi connectivity index (χ3n) is 0.993. The van der Waals surface area contributed by atoms with Crippen molar-refractivity contribution in [1.29, 1.82) is 5.41 Å². The van der Waals surface area contributed by atoms with Gasteiger partial charge < -0.3 is 20.4 Å². The molecule has 14 heavy (non-hydrogen) atoms. The van der Waals surface area contributed by atoms with Gasteiger partial charge in [-0.1, -0.05) is 0 Å². The number of carboxylic acid groups (broad SMARTS) is 1. The number of hydrogen-bond acceptors (Lipinski definition) is 6. The van der Waals surface area contributed by atoms with E-state index in [0.29, 0.717) is 0 Å². The molecule has 0 bridgehead atoms. The van der Waals surface area contributed by atoms with Gasteiger partial charge in [0.15, 0.2) is 0 Å². The summed E-state index contributed by atoms with van der Waals surface area (Å²) >= 11 is 0. The van der Waals surface area contributed by atoms with Crippen LogP contribution in [-0.2, 0) is 14.9 Å². The molecular formula is C4H5NNa2O6S. The molecule has 0 aliphatic rings. The first-order valence-corrected chi connectivity index (χ1v) is 4.17. The van der Waals surface area contributed by atoms with Crippen molar-refractivity contribution in [2.45, 2.75) is 11.7 Å². The molecule has 7 nitrogen and oxygen atoms in total. The van der Waals surface area contributed by atoms with Crippen LogP contribution in [0.1, 0.15) is 6.42 Å². The van der Waals surface area contributed by atoms with Gasteiger partial charge in [0.25, 0.3) is 10.1 Å². The van der Waals surface area contributed by atoms with E-state index in [2.05, 4.69) is 0 Å². The van der Waals surface area contributed by atoms with Crippen molar-refractivity contribution in [1.82, 2.24) is 0 Å². The molecule has 0 aliphatic carbocycles. The van der Waals surface area contributed by atoms with Crippen LogP contribution >= 0.6 is 0 Å². The van der Waals surface area contributed by atoms with E-state index in [-0.39, 0.29) is 59.1 Å². The summed E-state index contributed by atoms with van der Waals surface area (Å²) in [7, 11) is -4.86. The minimum atomic E-state index is -4.86. The van der Waals surface area contributed by atoms with Crippen molar-refractivity contribution in [3.63, 3.8) is 0 Å². The van der Waals surface area contributed by atoms with E-state index >= 15 is 0 Å². The molecule has 0 aromatic rings. The summed E-state index contributed by atoms with van der Waals surface area (Å²) in [5.41, 5.74) is 0. The monoisotopic (exact) mass is 241 g/mol. The van der Waals surface area contributed by atoms with Gasteiger partial charge in [-0.3, -0.25) is 4.55 Å². The summed E-state index contributed by atoms with van der Waals surface area (Å²) < 4.78 is 28.6. The second kappa shape index (κ2) is 8.05. The van der Waals surface area contributed by atoms with Crippen LogP contribution in [0.3, 0.4) is 0 Å². The van der Waals surface area contributed by atoms with Gasteiger partial charge in [0.1, 0.15) is 5.25 Å². The SMILES string of the molecule is N=C([O-])CC(C(=O)[O-])S(=O)(=O)O.[Na+].[Na+]. The average molecular weight is 241 g/mol. The molecule has 70 valence electrons. The molecule has 0 heterocycles. The van der Waals surface area contributed by atoms with Gasteiger partial charge in [-0.25, -0.2) is 0 Å². The molecule has 0 rings (SSSR count). The summed E-state index contributed by atoms with van der Waals surface area (Å²) in [6, 6.07) is 0. The molecule has 0 aromatic carbocycles. The van der Waals surface area contributed by atoms with Gasteiger partial charge in [0.05, 0.1) is 5.97 Å². The Bertz CT molecular complexity index is 301. The summed E-state index contributed by atoms with van der Waals surface area (Å²) in [6.07, 6.45) is -1.11. The molecule has 0 amide bonds. The molecule has 10 heteroatoms. The molecule has 0 spiro atoms. The molecule has 0 saturated carbocycles. The number of rotatable bonds is 4. The first-order chi connectivity index (χ1) is 5.25. The van der Waals surface area contributed by atoms with Crippen molar-refractivity contribution in [3.8, 4) is 0 Å². The normalized spacial score (nSPS) is 11.8. The molecule has 0 fully saturated rings. The topological polar surface area (TPSA) is 141 Å². The number of nitrogens with one attached hydrogen (secondary N) is 1. The maximum atomic E-state index is 10.2. The zero-order valence-electron chi connectivity index (χ0n) is 7.68. The smallest absolute Gasteiger partial charge is 0.862 e. The van der Waals surface area contributed by atoms with E-state index in [1.807, 2.05) is 0 Å². The van der Waals surface area contributed by atoms with Crippen LogP contribution in [0.4, 0.5) is 0 Å². The molecule has 0 radical (unpaired) electrons. The van der Waals surface area contributed by atoms with Gasteiger partial charge >= 0.3 is 59.1 Å². The Morgan fingerprint density at radius 3 is 1.79 bits per heavy atom. The molecule has 0 aliphatic heterocycles. The van der Waals surface area contributed by atoms with Crippen LogP contribution in [0.5, 0.6) is 0 Å². The number of carbonyl (C=O) groups is 1. The van der Waals surface area contributed by atoms with Gasteiger partial charge in [0, 0.05) is 0 Å². The van der Waals surface area contributed by atoms with Crippen LogP contribution in [0.25, 0.3) is 0 Å². The third-order valence-corrected chi connectivity index (χ3v) is 2.07. The van der Waals surface area contributed by atoms with E-state index in [1.54, 1.807) is 0 Å². The zero-order valence-corrected chi connectivity index (χ0v) is 12.5. The minimum absolute atomic E-state index is 0. The molecule has 1 unspecified atom stereocenters. The molecule has 1 atom stereocenters. The van der Waals surface area contributed by atoms with E-state index in [1.165, 1.54) is 0 Å². The Kier molecular flexibility index (Phi) is 11.7. The molecular weight excluding hydrogens is 236 g/mol. The predicted octanol–water partition coefficient (Wildman–Crippen LogP) is -9.27. The fourth-order valence-electron chi connectivity index (χ4n) is 0.479. The number of carboxylic acids is 1. The summed E-state index contributed by atoms with van der Waals surface area (Å²) in [5, 5.41) is 23.9. The second-order valence-corrected chi connectivity index (χ2v) is 3.55. The standard InChI is InChI=1S/C4H7NO6S.2Na/c5-3(6)1-2(4(7)8)12(9,10)11;;/h2H,1H2,(H2,5,6)(H,7,8)(H,9,10,11);;/q;2*+1/p-2. The van der Waals surface area contributed by atoms with Crippen molar-refractivity contribution < 1.29 is 87.1 Å². The van der Waals surface area contributed by atoms with Gasteiger partial charge in [-0.05, 0) is 12.3 Å².